The summed E-state index contributed by atoms with van der Waals surface area (Å²) in [6.07, 6.45) is 5.17. The van der Waals surface area contributed by atoms with Gasteiger partial charge in [0.2, 0.25) is 11.9 Å². The summed E-state index contributed by atoms with van der Waals surface area (Å²) in [4.78, 5) is 24.4. The Morgan fingerprint density at radius 1 is 1.17 bits per heavy atom. The molecule has 1 saturated heterocycles. The molecule has 0 spiro atoms. The average molecular weight is 393 g/mol. The predicted octanol–water partition coefficient (Wildman–Crippen LogP) is 1.95. The van der Waals surface area contributed by atoms with Crippen molar-refractivity contribution in [3.05, 3.63) is 47.2 Å². The fraction of sp³-hybridized carbons (Fsp3) is 0.500. The number of aliphatic hydroxyl groups excluding tert-OH is 1. The molecule has 29 heavy (non-hydrogen) atoms. The molecular formula is C22H27N5O2. The molecule has 3 N–H and O–H groups in total. The fourth-order valence-corrected chi connectivity index (χ4v) is 5.00. The molecule has 2 aliphatic heterocycles. The number of amides is 1. The van der Waals surface area contributed by atoms with Gasteiger partial charge >= 0.3 is 0 Å². The molecule has 1 aliphatic carbocycles. The molecule has 5 rings (SSSR count). The van der Waals surface area contributed by atoms with Gasteiger partial charge in [-0.15, -0.1) is 0 Å². The third-order valence-corrected chi connectivity index (χ3v) is 6.53. The van der Waals surface area contributed by atoms with Crippen molar-refractivity contribution < 1.29 is 9.90 Å². The molecule has 7 heteroatoms. The molecule has 2 unspecified atom stereocenters. The van der Waals surface area contributed by atoms with Crippen molar-refractivity contribution in [1.82, 2.24) is 15.3 Å². The number of hydrogen-bond acceptors (Lipinski definition) is 6. The van der Waals surface area contributed by atoms with Crippen LogP contribution in [0.4, 0.5) is 11.8 Å². The van der Waals surface area contributed by atoms with Crippen LogP contribution in [0.3, 0.4) is 0 Å². The van der Waals surface area contributed by atoms with Crippen LogP contribution in [-0.2, 0) is 4.79 Å². The van der Waals surface area contributed by atoms with Crippen molar-refractivity contribution >= 4 is 17.7 Å². The van der Waals surface area contributed by atoms with Crippen LogP contribution < -0.4 is 15.5 Å². The molecule has 0 radical (unpaired) electrons. The Labute approximate surface area is 170 Å². The molecule has 3 aliphatic rings. The Morgan fingerprint density at radius 2 is 1.97 bits per heavy atom. The lowest BCUT2D eigenvalue weighted by Crippen LogP contribution is -2.55. The minimum absolute atomic E-state index is 0.0540. The summed E-state index contributed by atoms with van der Waals surface area (Å²) in [5, 5.41) is 16.2. The predicted molar refractivity (Wildman–Crippen MR) is 111 cm³/mol. The van der Waals surface area contributed by atoms with Crippen molar-refractivity contribution in [1.29, 1.82) is 0 Å². The largest absolute Gasteiger partial charge is 0.393 e. The van der Waals surface area contributed by atoms with E-state index in [1.807, 2.05) is 18.3 Å². The van der Waals surface area contributed by atoms with E-state index in [2.05, 4.69) is 39.6 Å². The van der Waals surface area contributed by atoms with E-state index in [1.54, 1.807) is 0 Å². The SMILES string of the molecule is Cc1ccccc1C1c2cnc(NC3CCC(O)CC3)nc2N2CCNC(=O)C12. The third-order valence-electron chi connectivity index (χ3n) is 6.53. The number of hydrogen-bond donors (Lipinski definition) is 3. The normalized spacial score (nSPS) is 28.5. The molecule has 3 heterocycles. The zero-order chi connectivity index (χ0) is 20.0. The van der Waals surface area contributed by atoms with E-state index in [9.17, 15) is 9.90 Å². The highest BCUT2D eigenvalue weighted by Crippen LogP contribution is 2.45. The standard InChI is InChI=1S/C22H27N5O2/c1-13-4-2-3-5-16(13)18-17-12-24-22(25-14-6-8-15(28)9-7-14)26-20(17)27-11-10-23-21(29)19(18)27/h2-5,12,14-15,18-19,28H,6-11H2,1H3,(H,23,29)(H,24,25,26). The van der Waals surface area contributed by atoms with E-state index >= 15 is 0 Å². The van der Waals surface area contributed by atoms with Gasteiger partial charge in [-0.2, -0.15) is 4.98 Å². The van der Waals surface area contributed by atoms with Crippen molar-refractivity contribution in [2.24, 2.45) is 0 Å². The number of carbonyl (C=O) groups is 1. The van der Waals surface area contributed by atoms with E-state index < -0.39 is 0 Å². The summed E-state index contributed by atoms with van der Waals surface area (Å²) < 4.78 is 0. The number of anilines is 2. The topological polar surface area (TPSA) is 90.4 Å². The van der Waals surface area contributed by atoms with Gasteiger partial charge in [-0.25, -0.2) is 4.98 Å². The highest BCUT2D eigenvalue weighted by Gasteiger charge is 2.47. The number of nitrogens with one attached hydrogen (secondary N) is 2. The first kappa shape index (κ1) is 18.4. The van der Waals surface area contributed by atoms with Gasteiger partial charge in [-0.1, -0.05) is 24.3 Å². The highest BCUT2D eigenvalue weighted by molar-refractivity contribution is 5.91. The molecule has 1 aromatic heterocycles. The van der Waals surface area contributed by atoms with Gasteiger partial charge < -0.3 is 20.6 Å². The van der Waals surface area contributed by atoms with Crippen LogP contribution in [0.15, 0.2) is 30.5 Å². The zero-order valence-electron chi connectivity index (χ0n) is 16.6. The molecule has 2 aromatic rings. The van der Waals surface area contributed by atoms with Crippen LogP contribution in [0.25, 0.3) is 0 Å². The Bertz CT molecular complexity index is 925. The molecule has 2 fully saturated rings. The Balaban J connectivity index is 1.50. The summed E-state index contributed by atoms with van der Waals surface area (Å²) in [7, 11) is 0. The second-order valence-corrected chi connectivity index (χ2v) is 8.39. The van der Waals surface area contributed by atoms with Gasteiger partial charge in [0.05, 0.1) is 6.10 Å². The molecule has 1 amide bonds. The van der Waals surface area contributed by atoms with E-state index in [-0.39, 0.29) is 30.0 Å². The molecule has 0 bridgehead atoms. The first-order valence-corrected chi connectivity index (χ1v) is 10.5. The van der Waals surface area contributed by atoms with Crippen molar-refractivity contribution in [3.63, 3.8) is 0 Å². The molecule has 7 nitrogen and oxygen atoms in total. The van der Waals surface area contributed by atoms with Gasteiger partial charge in [0.15, 0.2) is 0 Å². The first-order chi connectivity index (χ1) is 14.1. The fourth-order valence-electron chi connectivity index (χ4n) is 5.00. The summed E-state index contributed by atoms with van der Waals surface area (Å²) in [6, 6.07) is 8.25. The van der Waals surface area contributed by atoms with Crippen LogP contribution in [0.5, 0.6) is 0 Å². The number of carbonyl (C=O) groups excluding carboxylic acids is 1. The quantitative estimate of drug-likeness (QED) is 0.739. The third kappa shape index (κ3) is 3.23. The van der Waals surface area contributed by atoms with Crippen molar-refractivity contribution in [2.45, 2.75) is 56.7 Å². The maximum atomic E-state index is 12.8. The molecule has 2 atom stereocenters. The summed E-state index contributed by atoms with van der Waals surface area (Å²) >= 11 is 0. The number of aromatic nitrogens is 2. The van der Waals surface area contributed by atoms with Crippen LogP contribution >= 0.6 is 0 Å². The Kier molecular flexibility index (Phi) is 4.62. The zero-order valence-corrected chi connectivity index (χ0v) is 16.6. The number of aryl methyl sites for hydroxylation is 1. The smallest absolute Gasteiger partial charge is 0.243 e. The molecular weight excluding hydrogens is 366 g/mol. The number of rotatable bonds is 3. The van der Waals surface area contributed by atoms with Gasteiger partial charge in [-0.05, 0) is 43.7 Å². The molecule has 1 aromatic carbocycles. The Hall–Kier alpha value is -2.67. The lowest BCUT2D eigenvalue weighted by Gasteiger charge is -2.33. The van der Waals surface area contributed by atoms with Crippen LogP contribution in [-0.4, -0.2) is 52.3 Å². The summed E-state index contributed by atoms with van der Waals surface area (Å²) in [5.41, 5.74) is 3.35. The summed E-state index contributed by atoms with van der Waals surface area (Å²) in [6.45, 7) is 3.47. The van der Waals surface area contributed by atoms with Gasteiger partial charge in [0, 0.05) is 36.8 Å². The minimum atomic E-state index is -0.283. The van der Waals surface area contributed by atoms with E-state index in [4.69, 9.17) is 4.98 Å². The molecule has 1 saturated carbocycles. The van der Waals surface area contributed by atoms with Crippen molar-refractivity contribution in [3.8, 4) is 0 Å². The molecule has 152 valence electrons. The monoisotopic (exact) mass is 393 g/mol. The number of nitrogens with zero attached hydrogens (tertiary/aromatic N) is 3. The number of fused-ring (bicyclic) bond motifs is 3. The van der Waals surface area contributed by atoms with Gasteiger partial charge in [0.25, 0.3) is 0 Å². The van der Waals surface area contributed by atoms with Crippen molar-refractivity contribution in [2.75, 3.05) is 23.3 Å². The van der Waals surface area contributed by atoms with Gasteiger partial charge in [0.1, 0.15) is 11.9 Å². The maximum Gasteiger partial charge on any atom is 0.243 e. The Morgan fingerprint density at radius 3 is 2.76 bits per heavy atom. The van der Waals surface area contributed by atoms with Crippen LogP contribution in [0, 0.1) is 6.92 Å². The number of piperazine rings is 1. The summed E-state index contributed by atoms with van der Waals surface area (Å²) in [5.74, 6) is 1.47. The van der Waals surface area contributed by atoms with Gasteiger partial charge in [-0.3, -0.25) is 4.79 Å². The number of aliphatic hydroxyl groups is 1. The van der Waals surface area contributed by atoms with E-state index in [0.717, 1.165) is 49.2 Å². The first-order valence-electron chi connectivity index (χ1n) is 10.5. The minimum Gasteiger partial charge on any atom is -0.393 e. The van der Waals surface area contributed by atoms with E-state index in [1.165, 1.54) is 5.56 Å². The lowest BCUT2D eigenvalue weighted by molar-refractivity contribution is -0.123. The van der Waals surface area contributed by atoms with Crippen LogP contribution in [0.1, 0.15) is 48.3 Å². The second-order valence-electron chi connectivity index (χ2n) is 8.39. The van der Waals surface area contributed by atoms with E-state index in [0.29, 0.717) is 12.5 Å². The average Bonchev–Trinajstić information content (AvgIpc) is 3.05. The van der Waals surface area contributed by atoms with Crippen LogP contribution in [0.2, 0.25) is 0 Å². The number of benzene rings is 1. The second kappa shape index (κ2) is 7.30. The highest BCUT2D eigenvalue weighted by atomic mass is 16.3. The lowest BCUT2D eigenvalue weighted by atomic mass is 9.85. The maximum absolute atomic E-state index is 12.8.